The summed E-state index contributed by atoms with van der Waals surface area (Å²) in [6.45, 7) is 0.606. The lowest BCUT2D eigenvalue weighted by Crippen LogP contribution is -2.43. The molecule has 0 radical (unpaired) electrons. The van der Waals surface area contributed by atoms with E-state index in [2.05, 4.69) is 20.2 Å². The van der Waals surface area contributed by atoms with Crippen LogP contribution in [0.3, 0.4) is 0 Å². The number of fused-ring (bicyclic) bond motifs is 1. The third-order valence-electron chi connectivity index (χ3n) is 6.04. The van der Waals surface area contributed by atoms with Crippen LogP contribution in [0.1, 0.15) is 76.1 Å². The molecule has 0 spiro atoms. The average molecular weight is 370 g/mol. The minimum absolute atomic E-state index is 0.0413. The maximum absolute atomic E-state index is 12.2. The molecule has 2 aliphatic carbocycles. The Balaban J connectivity index is 1.40. The number of aromatic nitrogens is 3. The van der Waals surface area contributed by atoms with Crippen LogP contribution in [0.5, 0.6) is 0 Å². The molecule has 0 unspecified atom stereocenters. The van der Waals surface area contributed by atoms with Crippen molar-refractivity contribution >= 4 is 17.2 Å². The summed E-state index contributed by atoms with van der Waals surface area (Å²) in [7, 11) is 0. The van der Waals surface area contributed by atoms with E-state index in [9.17, 15) is 4.79 Å². The van der Waals surface area contributed by atoms with Crippen LogP contribution in [0.4, 0.5) is 4.79 Å². The Bertz CT molecular complexity index is 759. The topological polar surface area (TPSA) is 71.8 Å². The van der Waals surface area contributed by atoms with Crippen molar-refractivity contribution in [1.82, 2.24) is 25.2 Å². The van der Waals surface area contributed by atoms with E-state index in [1.165, 1.54) is 51.4 Å². The van der Waals surface area contributed by atoms with Gasteiger partial charge in [-0.1, -0.05) is 38.5 Å². The molecule has 4 rings (SSSR count). The predicted molar refractivity (Wildman–Crippen MR) is 107 cm³/mol. The molecule has 0 bridgehead atoms. The number of imidazole rings is 1. The van der Waals surface area contributed by atoms with Crippen molar-refractivity contribution in [1.29, 1.82) is 0 Å². The average Bonchev–Trinajstić information content (AvgIpc) is 3.07. The van der Waals surface area contributed by atoms with Crippen LogP contribution >= 0.6 is 0 Å². The second-order valence-corrected chi connectivity index (χ2v) is 8.02. The first-order valence-electron chi connectivity index (χ1n) is 10.7. The molecule has 2 aromatic rings. The van der Waals surface area contributed by atoms with Gasteiger partial charge in [-0.15, -0.1) is 0 Å². The quantitative estimate of drug-likeness (QED) is 0.833. The summed E-state index contributed by atoms with van der Waals surface area (Å²) >= 11 is 0. The van der Waals surface area contributed by atoms with Crippen molar-refractivity contribution in [2.75, 3.05) is 6.54 Å². The van der Waals surface area contributed by atoms with Gasteiger partial charge >= 0.3 is 6.03 Å². The molecule has 2 amide bonds. The van der Waals surface area contributed by atoms with Gasteiger partial charge in [-0.05, 0) is 37.8 Å². The molecule has 2 aromatic heterocycles. The third kappa shape index (κ3) is 4.42. The maximum Gasteiger partial charge on any atom is 0.315 e. The molecule has 6 nitrogen and oxygen atoms in total. The summed E-state index contributed by atoms with van der Waals surface area (Å²) < 4.78 is 2.34. The first-order valence-corrected chi connectivity index (χ1v) is 10.7. The van der Waals surface area contributed by atoms with Crippen molar-refractivity contribution in [2.45, 2.75) is 82.7 Å². The highest BCUT2D eigenvalue weighted by molar-refractivity contribution is 5.74. The fraction of sp³-hybridized carbons (Fsp3) is 0.667. The first-order chi connectivity index (χ1) is 13.3. The zero-order valence-electron chi connectivity index (χ0n) is 16.1. The Kier molecular flexibility index (Phi) is 5.90. The monoisotopic (exact) mass is 369 g/mol. The van der Waals surface area contributed by atoms with Gasteiger partial charge in [0, 0.05) is 31.2 Å². The van der Waals surface area contributed by atoms with Crippen molar-refractivity contribution in [3.05, 3.63) is 24.2 Å². The number of nitrogens with one attached hydrogen (secondary N) is 2. The number of nitrogens with zero attached hydrogens (tertiary/aromatic N) is 3. The van der Waals surface area contributed by atoms with Crippen molar-refractivity contribution in [2.24, 2.45) is 0 Å². The number of hydrogen-bond donors (Lipinski definition) is 2. The van der Waals surface area contributed by atoms with Crippen LogP contribution < -0.4 is 10.6 Å². The summed E-state index contributed by atoms with van der Waals surface area (Å²) in [4.78, 5) is 21.6. The van der Waals surface area contributed by atoms with Gasteiger partial charge in [0.2, 0.25) is 0 Å². The lowest BCUT2D eigenvalue weighted by Gasteiger charge is -2.25. The molecule has 2 fully saturated rings. The zero-order valence-corrected chi connectivity index (χ0v) is 16.1. The Morgan fingerprint density at radius 1 is 1.07 bits per heavy atom. The highest BCUT2D eigenvalue weighted by Gasteiger charge is 2.22. The van der Waals surface area contributed by atoms with Crippen molar-refractivity contribution in [3.63, 3.8) is 0 Å². The van der Waals surface area contributed by atoms with E-state index in [0.717, 1.165) is 36.3 Å². The minimum atomic E-state index is -0.0413. The Labute approximate surface area is 161 Å². The molecular weight excluding hydrogens is 338 g/mol. The SMILES string of the molecule is O=C(NCCc1nc2cccnc2n1C1CCCCC1)NC1CCCCC1. The van der Waals surface area contributed by atoms with Crippen LogP contribution in [0, 0.1) is 0 Å². The molecule has 2 N–H and O–H groups in total. The molecule has 0 saturated heterocycles. The van der Waals surface area contributed by atoms with E-state index in [1.54, 1.807) is 0 Å². The van der Waals surface area contributed by atoms with Crippen LogP contribution in [-0.4, -0.2) is 33.2 Å². The van der Waals surface area contributed by atoms with E-state index in [4.69, 9.17) is 4.98 Å². The van der Waals surface area contributed by atoms with Gasteiger partial charge in [0.05, 0.1) is 0 Å². The Morgan fingerprint density at radius 3 is 2.59 bits per heavy atom. The van der Waals surface area contributed by atoms with Crippen molar-refractivity contribution in [3.8, 4) is 0 Å². The largest absolute Gasteiger partial charge is 0.338 e. The summed E-state index contributed by atoms with van der Waals surface area (Å²) in [6.07, 6.45) is 14.8. The van der Waals surface area contributed by atoms with E-state index in [0.29, 0.717) is 18.6 Å². The number of carbonyl (C=O) groups is 1. The number of hydrogen-bond acceptors (Lipinski definition) is 3. The second-order valence-electron chi connectivity index (χ2n) is 8.02. The molecule has 27 heavy (non-hydrogen) atoms. The number of carbonyl (C=O) groups excluding carboxylic acids is 1. The highest BCUT2D eigenvalue weighted by atomic mass is 16.2. The normalized spacial score (nSPS) is 19.3. The number of urea groups is 1. The number of pyridine rings is 1. The van der Waals surface area contributed by atoms with Gasteiger partial charge < -0.3 is 15.2 Å². The van der Waals surface area contributed by atoms with Gasteiger partial charge in [0.15, 0.2) is 5.65 Å². The van der Waals surface area contributed by atoms with Gasteiger partial charge in [-0.25, -0.2) is 14.8 Å². The van der Waals surface area contributed by atoms with E-state index in [1.807, 2.05) is 18.3 Å². The Morgan fingerprint density at radius 2 is 1.81 bits per heavy atom. The standard InChI is InChI=1S/C21H31N5O/c27-21(24-16-8-3-1-4-9-16)23-15-13-19-25-18-12-7-14-22-20(18)26(19)17-10-5-2-6-11-17/h7,12,14,16-17H,1-6,8-11,13,15H2,(H2,23,24,27). The molecule has 2 aliphatic rings. The fourth-order valence-corrected chi connectivity index (χ4v) is 4.65. The lowest BCUT2D eigenvalue weighted by atomic mass is 9.95. The molecule has 146 valence electrons. The molecule has 0 atom stereocenters. The summed E-state index contributed by atoms with van der Waals surface area (Å²) in [5.74, 6) is 1.05. The number of rotatable bonds is 5. The van der Waals surface area contributed by atoms with E-state index >= 15 is 0 Å². The molecular formula is C21H31N5O. The summed E-state index contributed by atoms with van der Waals surface area (Å²) in [5, 5.41) is 6.15. The van der Waals surface area contributed by atoms with Crippen LogP contribution in [-0.2, 0) is 6.42 Å². The third-order valence-corrected chi connectivity index (χ3v) is 6.04. The second kappa shape index (κ2) is 8.72. The van der Waals surface area contributed by atoms with Crippen LogP contribution in [0.2, 0.25) is 0 Å². The predicted octanol–water partition coefficient (Wildman–Crippen LogP) is 4.11. The Hall–Kier alpha value is -2.11. The summed E-state index contributed by atoms with van der Waals surface area (Å²) in [6, 6.07) is 4.77. The minimum Gasteiger partial charge on any atom is -0.338 e. The van der Waals surface area contributed by atoms with Gasteiger partial charge in [0.25, 0.3) is 0 Å². The number of amides is 2. The van der Waals surface area contributed by atoms with Gasteiger partial charge in [-0.3, -0.25) is 0 Å². The van der Waals surface area contributed by atoms with Crippen LogP contribution in [0.25, 0.3) is 11.2 Å². The van der Waals surface area contributed by atoms with E-state index in [-0.39, 0.29) is 6.03 Å². The van der Waals surface area contributed by atoms with E-state index < -0.39 is 0 Å². The zero-order chi connectivity index (χ0) is 18.5. The molecule has 0 aromatic carbocycles. The van der Waals surface area contributed by atoms with Crippen molar-refractivity contribution < 1.29 is 4.79 Å². The molecule has 6 heteroatoms. The first kappa shape index (κ1) is 18.3. The lowest BCUT2D eigenvalue weighted by molar-refractivity contribution is 0.232. The van der Waals surface area contributed by atoms with Crippen LogP contribution in [0.15, 0.2) is 18.3 Å². The maximum atomic E-state index is 12.2. The smallest absolute Gasteiger partial charge is 0.315 e. The highest BCUT2D eigenvalue weighted by Crippen LogP contribution is 2.31. The van der Waals surface area contributed by atoms with Gasteiger partial charge in [-0.2, -0.15) is 0 Å². The molecule has 2 heterocycles. The van der Waals surface area contributed by atoms with Gasteiger partial charge in [0.1, 0.15) is 11.3 Å². The fourth-order valence-electron chi connectivity index (χ4n) is 4.65. The molecule has 0 aliphatic heterocycles. The summed E-state index contributed by atoms with van der Waals surface area (Å²) in [5.41, 5.74) is 1.95. The molecule has 2 saturated carbocycles.